The molecule has 1 aromatic carbocycles. The molecule has 0 saturated carbocycles. The van der Waals surface area contributed by atoms with Crippen molar-refractivity contribution in [3.63, 3.8) is 0 Å². The molecule has 0 saturated heterocycles. The summed E-state index contributed by atoms with van der Waals surface area (Å²) in [6, 6.07) is 5.61. The Morgan fingerprint density at radius 3 is 2.11 bits per heavy atom. The van der Waals surface area contributed by atoms with E-state index in [0.717, 1.165) is 5.69 Å². The minimum atomic E-state index is -4.53. The molecule has 0 heterocycles. The van der Waals surface area contributed by atoms with Gasteiger partial charge in [-0.3, -0.25) is 0 Å². The van der Waals surface area contributed by atoms with Crippen LogP contribution < -0.4 is 10.6 Å². The summed E-state index contributed by atoms with van der Waals surface area (Å²) >= 11 is 0. The maximum atomic E-state index is 12.4. The average Bonchev–Trinajstić information content (AvgIpc) is 2.35. The van der Waals surface area contributed by atoms with E-state index in [1.807, 2.05) is 18.7 Å². The zero-order valence-corrected chi connectivity index (χ0v) is 11.7. The number of hydrogen-bond acceptors (Lipinski definition) is 4. The van der Waals surface area contributed by atoms with Crippen molar-refractivity contribution < 1.29 is 17.2 Å². The lowest BCUT2D eigenvalue weighted by Crippen LogP contribution is -2.35. The molecule has 0 aliphatic heterocycles. The summed E-state index contributed by atoms with van der Waals surface area (Å²) in [6.45, 7) is 5.01. The molecule has 1 aromatic rings. The van der Waals surface area contributed by atoms with Gasteiger partial charge in [0, 0.05) is 24.8 Å². The first-order valence-corrected chi connectivity index (χ1v) is 7.44. The van der Waals surface area contributed by atoms with Crippen LogP contribution in [0.25, 0.3) is 0 Å². The van der Waals surface area contributed by atoms with Gasteiger partial charge in [-0.1, -0.05) is 0 Å². The lowest BCUT2D eigenvalue weighted by molar-refractivity contribution is 0.234. The van der Waals surface area contributed by atoms with Crippen molar-refractivity contribution in [1.29, 1.82) is 0 Å². The Balaban J connectivity index is 3.05. The normalized spacial score (nSPS) is 12.2. The Morgan fingerprint density at radius 2 is 1.74 bits per heavy atom. The number of alkyl halides is 2. The van der Waals surface area contributed by atoms with Crippen LogP contribution in [0.1, 0.15) is 13.8 Å². The van der Waals surface area contributed by atoms with Gasteiger partial charge in [-0.05, 0) is 38.1 Å². The van der Waals surface area contributed by atoms with Gasteiger partial charge in [0.1, 0.15) is 0 Å². The summed E-state index contributed by atoms with van der Waals surface area (Å²) in [5, 5.41) is 0. The Kier molecular flexibility index (Phi) is 5.25. The van der Waals surface area contributed by atoms with E-state index in [2.05, 4.69) is 0 Å². The molecule has 0 radical (unpaired) electrons. The molecule has 0 bridgehead atoms. The monoisotopic (exact) mass is 292 g/mol. The molecule has 0 unspecified atom stereocenters. The van der Waals surface area contributed by atoms with Crippen molar-refractivity contribution in [3.8, 4) is 0 Å². The van der Waals surface area contributed by atoms with Crippen molar-refractivity contribution in [2.75, 3.05) is 18.0 Å². The van der Waals surface area contributed by atoms with Crippen LogP contribution in [0.2, 0.25) is 0 Å². The third kappa shape index (κ3) is 3.63. The Morgan fingerprint density at radius 1 is 1.21 bits per heavy atom. The summed E-state index contributed by atoms with van der Waals surface area (Å²) in [4.78, 5) is 1.60. The van der Waals surface area contributed by atoms with Gasteiger partial charge in [0.05, 0.1) is 4.90 Å². The van der Waals surface area contributed by atoms with E-state index >= 15 is 0 Å². The summed E-state index contributed by atoms with van der Waals surface area (Å²) < 4.78 is 47.4. The zero-order chi connectivity index (χ0) is 14.6. The first-order chi connectivity index (χ1) is 8.80. The number of benzene rings is 1. The van der Waals surface area contributed by atoms with Gasteiger partial charge in [-0.15, -0.1) is 0 Å². The van der Waals surface area contributed by atoms with E-state index in [1.165, 1.54) is 24.3 Å². The Hall–Kier alpha value is -1.21. The number of halogens is 2. The summed E-state index contributed by atoms with van der Waals surface area (Å²) in [5.41, 5.74) is 6.26. The number of rotatable bonds is 6. The Labute approximate surface area is 112 Å². The van der Waals surface area contributed by atoms with Crippen LogP contribution in [0.15, 0.2) is 29.2 Å². The maximum absolute atomic E-state index is 12.4. The molecule has 0 aliphatic carbocycles. The van der Waals surface area contributed by atoms with Crippen LogP contribution in [0.4, 0.5) is 14.5 Å². The molecule has 0 spiro atoms. The molecule has 0 atom stereocenters. The van der Waals surface area contributed by atoms with Crippen molar-refractivity contribution >= 4 is 15.5 Å². The molecule has 0 aromatic heterocycles. The van der Waals surface area contributed by atoms with Crippen molar-refractivity contribution in [2.24, 2.45) is 5.73 Å². The maximum Gasteiger partial charge on any atom is 0.341 e. The first-order valence-electron chi connectivity index (χ1n) is 5.89. The molecule has 108 valence electrons. The highest BCUT2D eigenvalue weighted by molar-refractivity contribution is 7.91. The quantitative estimate of drug-likeness (QED) is 0.869. The summed E-state index contributed by atoms with van der Waals surface area (Å²) in [7, 11) is -4.53. The molecule has 7 heteroatoms. The molecule has 4 nitrogen and oxygen atoms in total. The molecule has 0 amide bonds. The minimum absolute atomic E-state index is 0.182. The van der Waals surface area contributed by atoms with Gasteiger partial charge in [0.15, 0.2) is 0 Å². The Bertz CT molecular complexity index is 501. The lowest BCUT2D eigenvalue weighted by atomic mass is 10.2. The van der Waals surface area contributed by atoms with E-state index in [0.29, 0.717) is 13.1 Å². The van der Waals surface area contributed by atoms with Gasteiger partial charge in [0.25, 0.3) is 0 Å². The SMILES string of the molecule is CC(C)N(CCN)c1ccc(S(=O)(=O)C(F)F)cc1. The highest BCUT2D eigenvalue weighted by Gasteiger charge is 2.26. The van der Waals surface area contributed by atoms with Gasteiger partial charge in [-0.25, -0.2) is 8.42 Å². The molecule has 19 heavy (non-hydrogen) atoms. The average molecular weight is 292 g/mol. The fourth-order valence-electron chi connectivity index (χ4n) is 1.75. The van der Waals surface area contributed by atoms with Gasteiger partial charge in [0.2, 0.25) is 9.84 Å². The van der Waals surface area contributed by atoms with Crippen LogP contribution in [0, 0.1) is 0 Å². The third-order valence-electron chi connectivity index (χ3n) is 2.72. The van der Waals surface area contributed by atoms with Crippen LogP contribution in [0.3, 0.4) is 0 Å². The highest BCUT2D eigenvalue weighted by atomic mass is 32.2. The van der Waals surface area contributed by atoms with Gasteiger partial charge >= 0.3 is 5.76 Å². The molecule has 2 N–H and O–H groups in total. The number of nitrogens with two attached hydrogens (primary N) is 1. The van der Waals surface area contributed by atoms with Crippen molar-refractivity contribution in [3.05, 3.63) is 24.3 Å². The van der Waals surface area contributed by atoms with E-state index in [-0.39, 0.29) is 10.9 Å². The first kappa shape index (κ1) is 15.8. The second-order valence-corrected chi connectivity index (χ2v) is 6.29. The van der Waals surface area contributed by atoms with Crippen LogP contribution in [-0.2, 0) is 9.84 Å². The second kappa shape index (κ2) is 6.29. The zero-order valence-electron chi connectivity index (χ0n) is 10.9. The fraction of sp³-hybridized carbons (Fsp3) is 0.500. The second-order valence-electron chi connectivity index (χ2n) is 4.38. The summed E-state index contributed by atoms with van der Waals surface area (Å²) in [6.07, 6.45) is 0. The number of sulfone groups is 1. The molecular weight excluding hydrogens is 274 g/mol. The van der Waals surface area contributed by atoms with E-state index in [1.54, 1.807) is 0 Å². The smallest absolute Gasteiger partial charge is 0.341 e. The number of nitrogens with zero attached hydrogens (tertiary/aromatic N) is 1. The van der Waals surface area contributed by atoms with E-state index in [9.17, 15) is 17.2 Å². The van der Waals surface area contributed by atoms with E-state index in [4.69, 9.17) is 5.73 Å². The minimum Gasteiger partial charge on any atom is -0.368 e. The largest absolute Gasteiger partial charge is 0.368 e. The molecular formula is C12H18F2N2O2S. The predicted molar refractivity (Wildman–Crippen MR) is 71.2 cm³/mol. The van der Waals surface area contributed by atoms with Gasteiger partial charge in [-0.2, -0.15) is 8.78 Å². The number of hydrogen-bond donors (Lipinski definition) is 1. The standard InChI is InChI=1S/C12H18F2N2O2S/c1-9(2)16(8-7-15)10-3-5-11(6-4-10)19(17,18)12(13)14/h3-6,9,12H,7-8,15H2,1-2H3. The van der Waals surface area contributed by atoms with Crippen molar-refractivity contribution in [1.82, 2.24) is 0 Å². The molecule has 1 rings (SSSR count). The van der Waals surface area contributed by atoms with Crippen LogP contribution in [0.5, 0.6) is 0 Å². The van der Waals surface area contributed by atoms with E-state index < -0.39 is 15.6 Å². The predicted octanol–water partition coefficient (Wildman–Crippen LogP) is 1.86. The van der Waals surface area contributed by atoms with Crippen LogP contribution in [-0.4, -0.2) is 33.3 Å². The fourth-order valence-corrected chi connectivity index (χ4v) is 2.48. The molecule has 0 fully saturated rings. The van der Waals surface area contributed by atoms with Crippen molar-refractivity contribution in [2.45, 2.75) is 30.5 Å². The van der Waals surface area contributed by atoms with Gasteiger partial charge < -0.3 is 10.6 Å². The highest BCUT2D eigenvalue weighted by Crippen LogP contribution is 2.23. The summed E-state index contributed by atoms with van der Waals surface area (Å²) in [5.74, 6) is -3.40. The lowest BCUT2D eigenvalue weighted by Gasteiger charge is -2.28. The number of anilines is 1. The molecule has 0 aliphatic rings. The van der Waals surface area contributed by atoms with Crippen LogP contribution >= 0.6 is 0 Å². The topological polar surface area (TPSA) is 63.4 Å². The third-order valence-corrected chi connectivity index (χ3v) is 4.12.